The average Bonchev–Trinajstić information content (AvgIpc) is 2.51. The first-order valence-electron chi connectivity index (χ1n) is 4.08. The van der Waals surface area contributed by atoms with Crippen molar-refractivity contribution in [1.82, 2.24) is 0 Å². The molecule has 3 fully saturated rings. The van der Waals surface area contributed by atoms with Crippen LogP contribution < -0.4 is 0 Å². The van der Waals surface area contributed by atoms with Crippen molar-refractivity contribution in [2.24, 2.45) is 17.8 Å². The van der Waals surface area contributed by atoms with Gasteiger partial charge in [0.05, 0.1) is 5.92 Å². The Bertz CT molecular complexity index is 199. The van der Waals surface area contributed by atoms with Gasteiger partial charge in [-0.1, -0.05) is 0 Å². The molecular formula is C8H10O2. The smallest absolute Gasteiger partial charge is 0.309 e. The molecule has 0 aromatic rings. The molecule has 2 heteroatoms. The number of fused-ring (bicyclic) bond motifs is 1. The largest absolute Gasteiger partial charge is 0.462 e. The number of rotatable bonds is 0. The molecule has 3 aliphatic rings. The lowest BCUT2D eigenvalue weighted by molar-refractivity contribution is -0.147. The monoisotopic (exact) mass is 138 g/mol. The number of carbonyl (C=O) groups excluding carboxylic acids is 1. The van der Waals surface area contributed by atoms with Gasteiger partial charge in [-0.05, 0) is 25.2 Å². The van der Waals surface area contributed by atoms with Crippen LogP contribution in [-0.4, -0.2) is 12.1 Å². The number of hydrogen-bond acceptors (Lipinski definition) is 2. The molecule has 0 N–H and O–H groups in total. The lowest BCUT2D eigenvalue weighted by Crippen LogP contribution is -2.20. The van der Waals surface area contributed by atoms with Crippen LogP contribution in [0.1, 0.15) is 19.3 Å². The van der Waals surface area contributed by atoms with Crippen LogP contribution in [0.2, 0.25) is 0 Å². The van der Waals surface area contributed by atoms with Gasteiger partial charge in [0, 0.05) is 5.92 Å². The van der Waals surface area contributed by atoms with Gasteiger partial charge in [0.25, 0.3) is 0 Å². The van der Waals surface area contributed by atoms with Crippen molar-refractivity contribution in [3.05, 3.63) is 0 Å². The van der Waals surface area contributed by atoms with E-state index in [2.05, 4.69) is 0 Å². The zero-order valence-corrected chi connectivity index (χ0v) is 5.75. The van der Waals surface area contributed by atoms with E-state index in [1.807, 2.05) is 0 Å². The molecule has 10 heavy (non-hydrogen) atoms. The fraction of sp³-hybridized carbons (Fsp3) is 0.875. The third kappa shape index (κ3) is 0.414. The van der Waals surface area contributed by atoms with Crippen LogP contribution in [0.15, 0.2) is 0 Å². The molecule has 4 atom stereocenters. The first kappa shape index (κ1) is 5.16. The van der Waals surface area contributed by atoms with Crippen molar-refractivity contribution in [3.8, 4) is 0 Å². The second kappa shape index (κ2) is 1.39. The van der Waals surface area contributed by atoms with Crippen LogP contribution >= 0.6 is 0 Å². The van der Waals surface area contributed by atoms with E-state index in [-0.39, 0.29) is 5.97 Å². The van der Waals surface area contributed by atoms with E-state index in [4.69, 9.17) is 4.74 Å². The maximum atomic E-state index is 11.0. The first-order chi connectivity index (χ1) is 4.88. The highest BCUT2D eigenvalue weighted by molar-refractivity contribution is 5.79. The maximum Gasteiger partial charge on any atom is 0.309 e. The van der Waals surface area contributed by atoms with Crippen LogP contribution in [0.25, 0.3) is 0 Å². The van der Waals surface area contributed by atoms with Crippen molar-refractivity contribution < 1.29 is 9.53 Å². The molecule has 1 unspecified atom stereocenters. The highest BCUT2D eigenvalue weighted by atomic mass is 16.6. The van der Waals surface area contributed by atoms with Gasteiger partial charge in [0.2, 0.25) is 0 Å². The maximum absolute atomic E-state index is 11.0. The molecule has 2 aliphatic carbocycles. The summed E-state index contributed by atoms with van der Waals surface area (Å²) >= 11 is 0. The van der Waals surface area contributed by atoms with Crippen LogP contribution in [0.4, 0.5) is 0 Å². The summed E-state index contributed by atoms with van der Waals surface area (Å²) in [5.74, 6) is 1.83. The van der Waals surface area contributed by atoms with E-state index in [0.717, 1.165) is 12.3 Å². The summed E-state index contributed by atoms with van der Waals surface area (Å²) in [5.41, 5.74) is 0. The molecule has 1 aliphatic heterocycles. The van der Waals surface area contributed by atoms with Gasteiger partial charge in [-0.25, -0.2) is 0 Å². The van der Waals surface area contributed by atoms with E-state index >= 15 is 0 Å². The first-order valence-corrected chi connectivity index (χ1v) is 4.08. The molecule has 0 radical (unpaired) electrons. The van der Waals surface area contributed by atoms with Crippen molar-refractivity contribution in [1.29, 1.82) is 0 Å². The van der Waals surface area contributed by atoms with Gasteiger partial charge in [-0.15, -0.1) is 0 Å². The number of ether oxygens (including phenoxy) is 1. The minimum absolute atomic E-state index is 0.0969. The quantitative estimate of drug-likeness (QED) is 0.466. The van der Waals surface area contributed by atoms with E-state index in [1.165, 1.54) is 12.8 Å². The summed E-state index contributed by atoms with van der Waals surface area (Å²) in [7, 11) is 0. The summed E-state index contributed by atoms with van der Waals surface area (Å²) in [6, 6.07) is 0. The average molecular weight is 138 g/mol. The SMILES string of the molecule is O=C1O[C@H]2CCC[C@H]3C1[C@@H]23. The molecule has 0 spiro atoms. The molecule has 3 rings (SSSR count). The Balaban J connectivity index is 1.95. The molecule has 2 nitrogen and oxygen atoms in total. The van der Waals surface area contributed by atoms with Crippen molar-refractivity contribution in [2.75, 3.05) is 0 Å². The Morgan fingerprint density at radius 1 is 1.40 bits per heavy atom. The van der Waals surface area contributed by atoms with E-state index in [1.54, 1.807) is 0 Å². The highest BCUT2D eigenvalue weighted by Crippen LogP contribution is 2.60. The third-order valence-corrected chi connectivity index (χ3v) is 3.22. The summed E-state index contributed by atoms with van der Waals surface area (Å²) in [5, 5.41) is 0. The zero-order chi connectivity index (χ0) is 6.72. The van der Waals surface area contributed by atoms with Gasteiger partial charge in [0.1, 0.15) is 6.10 Å². The Morgan fingerprint density at radius 3 is 3.00 bits per heavy atom. The third-order valence-electron chi connectivity index (χ3n) is 3.22. The molecule has 1 heterocycles. The van der Waals surface area contributed by atoms with Gasteiger partial charge in [0.15, 0.2) is 0 Å². The lowest BCUT2D eigenvalue weighted by Gasteiger charge is -2.19. The standard InChI is InChI=1S/C8H10O2/c9-8-7-4-2-1-3-5(10-8)6(4)7/h4-7H,1-3H2/t4-,5+,6-,7?/m1/s1. The molecule has 0 amide bonds. The summed E-state index contributed by atoms with van der Waals surface area (Å²) in [6.45, 7) is 0. The van der Waals surface area contributed by atoms with Crippen LogP contribution in [0.3, 0.4) is 0 Å². The van der Waals surface area contributed by atoms with Gasteiger partial charge in [-0.2, -0.15) is 0 Å². The molecule has 54 valence electrons. The van der Waals surface area contributed by atoms with Gasteiger partial charge in [-0.3, -0.25) is 4.79 Å². The van der Waals surface area contributed by atoms with Crippen molar-refractivity contribution >= 4 is 5.97 Å². The topological polar surface area (TPSA) is 26.3 Å². The Hall–Kier alpha value is -0.530. The molecule has 0 aromatic heterocycles. The predicted octanol–water partition coefficient (Wildman–Crippen LogP) is 0.958. The van der Waals surface area contributed by atoms with E-state index in [0.29, 0.717) is 17.9 Å². The fourth-order valence-corrected chi connectivity index (χ4v) is 2.72. The van der Waals surface area contributed by atoms with Gasteiger partial charge >= 0.3 is 5.97 Å². The van der Waals surface area contributed by atoms with Crippen LogP contribution in [0.5, 0.6) is 0 Å². The molecule has 0 aromatic carbocycles. The zero-order valence-electron chi connectivity index (χ0n) is 5.75. The molecule has 1 saturated heterocycles. The van der Waals surface area contributed by atoms with E-state index in [9.17, 15) is 4.79 Å². The van der Waals surface area contributed by atoms with Crippen molar-refractivity contribution in [3.63, 3.8) is 0 Å². The second-order valence-corrected chi connectivity index (χ2v) is 3.67. The number of esters is 1. The van der Waals surface area contributed by atoms with Crippen molar-refractivity contribution in [2.45, 2.75) is 25.4 Å². The predicted molar refractivity (Wildman–Crippen MR) is 34.2 cm³/mol. The molecule has 2 saturated carbocycles. The minimum atomic E-state index is 0.0969. The van der Waals surface area contributed by atoms with Crippen LogP contribution in [0, 0.1) is 17.8 Å². The number of hydrogen-bond donors (Lipinski definition) is 0. The van der Waals surface area contributed by atoms with Crippen LogP contribution in [-0.2, 0) is 9.53 Å². The molecular weight excluding hydrogens is 128 g/mol. The Kier molecular flexibility index (Phi) is 0.715. The normalized spacial score (nSPS) is 55.8. The fourth-order valence-electron chi connectivity index (χ4n) is 2.72. The summed E-state index contributed by atoms with van der Waals surface area (Å²) < 4.78 is 5.16. The summed E-state index contributed by atoms with van der Waals surface area (Å²) in [4.78, 5) is 11.0. The number of carbonyl (C=O) groups is 1. The van der Waals surface area contributed by atoms with E-state index < -0.39 is 0 Å². The lowest BCUT2D eigenvalue weighted by atomic mass is 9.98. The highest BCUT2D eigenvalue weighted by Gasteiger charge is 2.66. The van der Waals surface area contributed by atoms with Gasteiger partial charge < -0.3 is 4.74 Å². The second-order valence-electron chi connectivity index (χ2n) is 3.67. The Morgan fingerprint density at radius 2 is 2.30 bits per heavy atom. The Labute approximate surface area is 59.6 Å². The summed E-state index contributed by atoms with van der Waals surface area (Å²) in [6.07, 6.45) is 4.01. The molecule has 0 bridgehead atoms. The minimum Gasteiger partial charge on any atom is -0.462 e.